The van der Waals surface area contributed by atoms with Crippen molar-refractivity contribution in [1.29, 1.82) is 0 Å². The molecule has 0 radical (unpaired) electrons. The van der Waals surface area contributed by atoms with Gasteiger partial charge in [0.1, 0.15) is 0 Å². The van der Waals surface area contributed by atoms with Gasteiger partial charge in [-0.3, -0.25) is 0 Å². The Labute approximate surface area is 138 Å². The first-order valence-electron chi connectivity index (χ1n) is 3.15. The molecular formula is C7H7ClNa2O4S. The Morgan fingerprint density at radius 1 is 1.27 bits per heavy atom. The molecule has 1 unspecified atom stereocenters. The molecule has 1 aromatic rings. The van der Waals surface area contributed by atoms with E-state index in [1.807, 2.05) is 0 Å². The maximum atomic E-state index is 10.6. The standard InChI is InChI=1S/C7H5ClO4S.2Na.2H/c8-5-1-4(7(9)10)2-6(3-5)13(11)12;;;;/h1-3H,(H,9,10)(H,11,12);;;;. The van der Waals surface area contributed by atoms with Crippen LogP contribution in [-0.4, -0.2) is 79.0 Å². The Hall–Kier alpha value is 1.09. The van der Waals surface area contributed by atoms with E-state index in [4.69, 9.17) is 21.3 Å². The molecule has 0 amide bonds. The third-order valence-electron chi connectivity index (χ3n) is 1.32. The van der Waals surface area contributed by atoms with E-state index >= 15 is 0 Å². The Morgan fingerprint density at radius 2 is 1.80 bits per heavy atom. The van der Waals surface area contributed by atoms with Crippen LogP contribution < -0.4 is 0 Å². The molecule has 74 valence electrons. The number of halogens is 1. The second-order valence-corrected chi connectivity index (χ2v) is 3.64. The number of hydrogen-bond acceptors (Lipinski definition) is 2. The van der Waals surface area contributed by atoms with Gasteiger partial charge in [0.15, 0.2) is 11.1 Å². The monoisotopic (exact) mass is 268 g/mol. The van der Waals surface area contributed by atoms with Crippen LogP contribution in [0, 0.1) is 0 Å². The summed E-state index contributed by atoms with van der Waals surface area (Å²) in [4.78, 5) is 10.5. The fraction of sp³-hybridized carbons (Fsp3) is 0. The van der Waals surface area contributed by atoms with Gasteiger partial charge in [-0.1, -0.05) is 11.6 Å². The van der Waals surface area contributed by atoms with Crippen molar-refractivity contribution >= 4 is 87.8 Å². The SMILES string of the molecule is O=C(O)c1cc(Cl)cc(S(=O)O)c1.[NaH].[NaH]. The van der Waals surface area contributed by atoms with Gasteiger partial charge in [0.25, 0.3) is 0 Å². The van der Waals surface area contributed by atoms with Crippen LogP contribution in [0.5, 0.6) is 0 Å². The van der Waals surface area contributed by atoms with Crippen LogP contribution in [0.25, 0.3) is 0 Å². The van der Waals surface area contributed by atoms with Crippen molar-refractivity contribution in [2.24, 2.45) is 0 Å². The summed E-state index contributed by atoms with van der Waals surface area (Å²) in [6.45, 7) is 0. The van der Waals surface area contributed by atoms with Crippen molar-refractivity contribution in [2.45, 2.75) is 4.90 Å². The summed E-state index contributed by atoms with van der Waals surface area (Å²) in [7, 11) is 0. The fourth-order valence-corrected chi connectivity index (χ4v) is 1.54. The van der Waals surface area contributed by atoms with E-state index in [1.165, 1.54) is 12.1 Å². The molecule has 0 aliphatic rings. The number of hydrogen-bond donors (Lipinski definition) is 2. The number of carboxylic acids is 1. The molecule has 8 heteroatoms. The predicted octanol–water partition coefficient (Wildman–Crippen LogP) is 0.322. The Morgan fingerprint density at radius 3 is 2.20 bits per heavy atom. The van der Waals surface area contributed by atoms with Gasteiger partial charge in [0, 0.05) is 5.02 Å². The fourth-order valence-electron chi connectivity index (χ4n) is 0.787. The zero-order valence-electron chi connectivity index (χ0n) is 6.23. The van der Waals surface area contributed by atoms with E-state index in [1.54, 1.807) is 0 Å². The van der Waals surface area contributed by atoms with Crippen LogP contribution in [0.15, 0.2) is 23.1 Å². The summed E-state index contributed by atoms with van der Waals surface area (Å²) < 4.78 is 19.3. The summed E-state index contributed by atoms with van der Waals surface area (Å²) in [6.07, 6.45) is 0. The molecule has 0 saturated carbocycles. The second-order valence-electron chi connectivity index (χ2n) is 2.23. The van der Waals surface area contributed by atoms with Gasteiger partial charge in [-0.25, -0.2) is 9.00 Å². The molecule has 1 atom stereocenters. The number of rotatable bonds is 2. The maximum absolute atomic E-state index is 10.6. The van der Waals surface area contributed by atoms with Crippen molar-refractivity contribution < 1.29 is 18.7 Å². The normalized spacial score (nSPS) is 10.8. The number of benzene rings is 1. The molecule has 0 saturated heterocycles. The first kappa shape index (κ1) is 18.5. The molecule has 1 rings (SSSR count). The summed E-state index contributed by atoms with van der Waals surface area (Å²) in [5, 5.41) is 8.70. The van der Waals surface area contributed by atoms with Crippen LogP contribution in [0.3, 0.4) is 0 Å². The third kappa shape index (κ3) is 5.81. The molecule has 1 aromatic carbocycles. The van der Waals surface area contributed by atoms with Crippen LogP contribution in [-0.2, 0) is 11.1 Å². The van der Waals surface area contributed by atoms with Crippen LogP contribution in [0.4, 0.5) is 0 Å². The minimum atomic E-state index is -2.21. The first-order valence-corrected chi connectivity index (χ1v) is 4.64. The summed E-state index contributed by atoms with van der Waals surface area (Å²) in [5.41, 5.74) is -0.107. The van der Waals surface area contributed by atoms with E-state index in [0.29, 0.717) is 0 Å². The van der Waals surface area contributed by atoms with Gasteiger partial charge < -0.3 is 9.66 Å². The second kappa shape index (κ2) is 8.22. The Balaban J connectivity index is 0. The van der Waals surface area contributed by atoms with Gasteiger partial charge in [-0.2, -0.15) is 0 Å². The van der Waals surface area contributed by atoms with Crippen LogP contribution in [0.1, 0.15) is 10.4 Å². The molecule has 0 bridgehead atoms. The average molecular weight is 269 g/mol. The molecule has 0 aromatic heterocycles. The molecule has 4 nitrogen and oxygen atoms in total. The predicted molar refractivity (Wildman–Crippen MR) is 61.7 cm³/mol. The molecule has 0 aliphatic heterocycles. The Kier molecular flexibility index (Phi) is 10.1. The van der Waals surface area contributed by atoms with Gasteiger partial charge >= 0.3 is 65.1 Å². The zero-order valence-corrected chi connectivity index (χ0v) is 7.80. The van der Waals surface area contributed by atoms with Gasteiger partial charge in [-0.15, -0.1) is 0 Å². The van der Waals surface area contributed by atoms with E-state index < -0.39 is 17.0 Å². The van der Waals surface area contributed by atoms with Crippen molar-refractivity contribution in [2.75, 3.05) is 0 Å². The molecule has 0 heterocycles. The molecule has 0 aliphatic carbocycles. The first-order chi connectivity index (χ1) is 6.00. The zero-order chi connectivity index (χ0) is 10.0. The van der Waals surface area contributed by atoms with Crippen molar-refractivity contribution in [3.63, 3.8) is 0 Å². The van der Waals surface area contributed by atoms with Crippen LogP contribution >= 0.6 is 11.6 Å². The van der Waals surface area contributed by atoms with Crippen LogP contribution in [0.2, 0.25) is 5.02 Å². The number of aromatic carboxylic acids is 1. The van der Waals surface area contributed by atoms with E-state index in [2.05, 4.69) is 0 Å². The van der Waals surface area contributed by atoms with Gasteiger partial charge in [-0.05, 0) is 18.2 Å². The quantitative estimate of drug-likeness (QED) is 0.598. The minimum absolute atomic E-state index is 0. The number of carboxylic acid groups (broad SMARTS) is 1. The van der Waals surface area contributed by atoms with E-state index in [9.17, 15) is 9.00 Å². The molecule has 2 N–H and O–H groups in total. The molecule has 0 spiro atoms. The van der Waals surface area contributed by atoms with E-state index in [0.717, 1.165) is 6.07 Å². The van der Waals surface area contributed by atoms with E-state index in [-0.39, 0.29) is 74.6 Å². The summed E-state index contributed by atoms with van der Waals surface area (Å²) in [6, 6.07) is 3.55. The van der Waals surface area contributed by atoms with Crippen molar-refractivity contribution in [1.82, 2.24) is 0 Å². The molecule has 0 fully saturated rings. The van der Waals surface area contributed by atoms with Gasteiger partial charge in [0.2, 0.25) is 0 Å². The summed E-state index contributed by atoms with van der Waals surface area (Å²) >= 11 is 3.32. The van der Waals surface area contributed by atoms with Gasteiger partial charge in [0.05, 0.1) is 10.5 Å². The molecule has 15 heavy (non-hydrogen) atoms. The third-order valence-corrected chi connectivity index (χ3v) is 2.18. The van der Waals surface area contributed by atoms with Crippen molar-refractivity contribution in [3.05, 3.63) is 28.8 Å². The summed E-state index contributed by atoms with van der Waals surface area (Å²) in [5.74, 6) is -1.19. The average Bonchev–Trinajstić information content (AvgIpc) is 2.03. The number of carbonyl (C=O) groups is 1. The topological polar surface area (TPSA) is 74.6 Å². The molecular weight excluding hydrogens is 262 g/mol. The van der Waals surface area contributed by atoms with Crippen molar-refractivity contribution in [3.8, 4) is 0 Å². The Bertz CT molecular complexity index is 353.